The van der Waals surface area contributed by atoms with Crippen molar-refractivity contribution in [2.75, 3.05) is 13.2 Å². The van der Waals surface area contributed by atoms with E-state index >= 15 is 0 Å². The molecule has 162 valence electrons. The summed E-state index contributed by atoms with van der Waals surface area (Å²) in [6.45, 7) is 8.53. The molecule has 1 unspecified atom stereocenters. The minimum absolute atomic E-state index is 0. The predicted molar refractivity (Wildman–Crippen MR) is 115 cm³/mol. The highest BCUT2D eigenvalue weighted by atomic mass is 16.5. The van der Waals surface area contributed by atoms with E-state index in [4.69, 9.17) is 13.9 Å². The number of amides is 1. The topological polar surface area (TPSA) is 97.7 Å². The molecule has 1 aromatic heterocycles. The minimum atomic E-state index is -0.330. The quantitative estimate of drug-likeness (QED) is 0.618. The number of fused-ring (bicyclic) bond motifs is 1. The Kier molecular flexibility index (Phi) is 7.11. The van der Waals surface area contributed by atoms with Crippen LogP contribution in [0.1, 0.15) is 49.3 Å². The van der Waals surface area contributed by atoms with E-state index in [9.17, 15) is 4.79 Å². The number of hydrogen-bond acceptors (Lipinski definition) is 7. The van der Waals surface area contributed by atoms with Crippen molar-refractivity contribution in [3.8, 4) is 5.75 Å². The van der Waals surface area contributed by atoms with Gasteiger partial charge < -0.3 is 24.6 Å². The molecule has 1 fully saturated rings. The summed E-state index contributed by atoms with van der Waals surface area (Å²) in [5.41, 5.74) is 8.20. The maximum absolute atomic E-state index is 11.0. The van der Waals surface area contributed by atoms with Gasteiger partial charge in [0.05, 0.1) is 13.2 Å². The molecule has 1 aromatic carbocycles. The van der Waals surface area contributed by atoms with Gasteiger partial charge in [0.2, 0.25) is 11.8 Å². The minimum Gasteiger partial charge on any atom is -0.493 e. The molecule has 29 heavy (non-hydrogen) atoms. The number of carbonyl (C=O) groups excluding carboxylic acids is 1. The monoisotopic (exact) mass is 406 g/mol. The lowest BCUT2D eigenvalue weighted by Crippen LogP contribution is -2.39. The molecule has 0 spiro atoms. The molecule has 2 aliphatic rings. The summed E-state index contributed by atoms with van der Waals surface area (Å²) in [6, 6.07) is 5.61. The Morgan fingerprint density at radius 1 is 1.41 bits per heavy atom. The number of nitrogens with one attached hydrogen (secondary N) is 3. The van der Waals surface area contributed by atoms with E-state index in [1.165, 1.54) is 19.8 Å². The van der Waals surface area contributed by atoms with Gasteiger partial charge in [0.1, 0.15) is 23.2 Å². The van der Waals surface area contributed by atoms with Crippen LogP contribution >= 0.6 is 0 Å². The van der Waals surface area contributed by atoms with E-state index in [1.807, 2.05) is 45.0 Å². The zero-order valence-electron chi connectivity index (χ0n) is 17.5. The van der Waals surface area contributed by atoms with Gasteiger partial charge in [-0.25, -0.2) is 10.4 Å². The van der Waals surface area contributed by atoms with Crippen molar-refractivity contribution in [2.24, 2.45) is 5.92 Å². The highest BCUT2D eigenvalue weighted by molar-refractivity contribution is 5.77. The molecule has 1 saturated carbocycles. The summed E-state index contributed by atoms with van der Waals surface area (Å²) >= 11 is 0. The molecule has 2 aromatic rings. The SMILES string of the molecule is CC.CC(=O)N[C@@H](C)COC1C=C(c2nc3cc(OCC4CC4)ccc3o2)NN1.[HH].[HH]. The van der Waals surface area contributed by atoms with Crippen LogP contribution < -0.4 is 20.9 Å². The molecule has 4 rings (SSSR count). The molecule has 2 atom stereocenters. The van der Waals surface area contributed by atoms with Gasteiger partial charge in [0.15, 0.2) is 5.58 Å². The molecular weight excluding hydrogens is 372 g/mol. The van der Waals surface area contributed by atoms with E-state index in [0.717, 1.165) is 17.9 Å². The van der Waals surface area contributed by atoms with Gasteiger partial charge in [-0.3, -0.25) is 4.79 Å². The van der Waals surface area contributed by atoms with Crippen molar-refractivity contribution in [3.05, 3.63) is 30.2 Å². The first-order chi connectivity index (χ1) is 14.1. The standard InChI is InChI=1S/C19H24N4O4.C2H6.2H2/c1-11(20-12(2)24)9-26-18-8-16(22-23-18)19-21-15-7-14(5-6-17(15)27-19)25-10-13-3-4-13;1-2;;/h5-8,11,13,18,22-23H,3-4,9-10H2,1-2H3,(H,20,24);1-2H3;2*1H/t11-,18?;;;/m0.../s1. The molecule has 0 radical (unpaired) electrons. The van der Waals surface area contributed by atoms with Gasteiger partial charge in [-0.15, -0.1) is 0 Å². The summed E-state index contributed by atoms with van der Waals surface area (Å²) in [6.07, 6.45) is 4.05. The summed E-state index contributed by atoms with van der Waals surface area (Å²) in [5.74, 6) is 1.93. The largest absolute Gasteiger partial charge is 0.493 e. The first-order valence-corrected chi connectivity index (χ1v) is 10.2. The molecule has 1 aliphatic carbocycles. The predicted octanol–water partition coefficient (Wildman–Crippen LogP) is 3.45. The zero-order valence-corrected chi connectivity index (χ0v) is 17.5. The van der Waals surface area contributed by atoms with Crippen LogP contribution in [0.3, 0.4) is 0 Å². The van der Waals surface area contributed by atoms with Gasteiger partial charge in [-0.05, 0) is 43.9 Å². The van der Waals surface area contributed by atoms with E-state index in [2.05, 4.69) is 21.2 Å². The lowest BCUT2D eigenvalue weighted by molar-refractivity contribution is -0.120. The van der Waals surface area contributed by atoms with Crippen molar-refractivity contribution < 1.29 is 21.5 Å². The van der Waals surface area contributed by atoms with Gasteiger partial charge in [-0.2, -0.15) is 0 Å². The number of ether oxygens (including phenoxy) is 2. The van der Waals surface area contributed by atoms with E-state index in [-0.39, 0.29) is 21.0 Å². The van der Waals surface area contributed by atoms with Crippen LogP contribution in [0.4, 0.5) is 0 Å². The lowest BCUT2D eigenvalue weighted by atomic mass is 10.3. The number of hydrogen-bond donors (Lipinski definition) is 3. The second-order valence-corrected chi connectivity index (χ2v) is 7.11. The zero-order chi connectivity index (χ0) is 20.8. The van der Waals surface area contributed by atoms with Crippen LogP contribution in [0.15, 0.2) is 28.7 Å². The third-order valence-corrected chi connectivity index (χ3v) is 4.41. The Morgan fingerprint density at radius 2 is 2.21 bits per heavy atom. The number of aromatic nitrogens is 1. The average Bonchev–Trinajstić information content (AvgIpc) is 3.25. The van der Waals surface area contributed by atoms with Crippen molar-refractivity contribution in [1.82, 2.24) is 21.2 Å². The highest BCUT2D eigenvalue weighted by Crippen LogP contribution is 2.30. The third kappa shape index (κ3) is 5.95. The summed E-state index contributed by atoms with van der Waals surface area (Å²) in [5, 5.41) is 2.78. The Balaban J connectivity index is 0.00000117. The highest BCUT2D eigenvalue weighted by Gasteiger charge is 2.23. The molecule has 8 heteroatoms. The number of carbonyl (C=O) groups is 1. The van der Waals surface area contributed by atoms with E-state index in [1.54, 1.807) is 0 Å². The normalized spacial score (nSPS) is 19.0. The number of hydrazine groups is 1. The second kappa shape index (κ2) is 9.76. The number of rotatable bonds is 8. The fourth-order valence-corrected chi connectivity index (χ4v) is 2.85. The van der Waals surface area contributed by atoms with Crippen molar-refractivity contribution in [1.29, 1.82) is 0 Å². The van der Waals surface area contributed by atoms with Crippen molar-refractivity contribution >= 4 is 22.7 Å². The molecule has 1 aliphatic heterocycles. The molecule has 1 amide bonds. The summed E-state index contributed by atoms with van der Waals surface area (Å²) < 4.78 is 17.3. The van der Waals surface area contributed by atoms with Crippen molar-refractivity contribution in [2.45, 2.75) is 52.8 Å². The van der Waals surface area contributed by atoms with Gasteiger partial charge in [0.25, 0.3) is 0 Å². The molecule has 0 saturated heterocycles. The van der Waals surface area contributed by atoms with E-state index in [0.29, 0.717) is 29.7 Å². The fraction of sp³-hybridized carbons (Fsp3) is 0.524. The molecular formula is C21H34N4O4. The average molecular weight is 407 g/mol. The van der Waals surface area contributed by atoms with Crippen LogP contribution in [0.25, 0.3) is 16.8 Å². The van der Waals surface area contributed by atoms with Crippen LogP contribution in [0.5, 0.6) is 5.75 Å². The Bertz CT molecular complexity index is 870. The Hall–Kier alpha value is -2.58. The second-order valence-electron chi connectivity index (χ2n) is 7.11. The number of benzene rings is 1. The maximum Gasteiger partial charge on any atom is 0.244 e. The van der Waals surface area contributed by atoms with Crippen molar-refractivity contribution in [3.63, 3.8) is 0 Å². The first kappa shape index (κ1) is 21.1. The lowest BCUT2D eigenvalue weighted by Gasteiger charge is -2.15. The van der Waals surface area contributed by atoms with Crippen LogP contribution in [0, 0.1) is 5.92 Å². The molecule has 2 heterocycles. The van der Waals surface area contributed by atoms with Gasteiger partial charge in [-0.1, -0.05) is 13.8 Å². The van der Waals surface area contributed by atoms with Crippen LogP contribution in [-0.2, 0) is 9.53 Å². The molecule has 0 bridgehead atoms. The number of oxazole rings is 1. The van der Waals surface area contributed by atoms with Gasteiger partial charge >= 0.3 is 0 Å². The number of nitrogens with zero attached hydrogens (tertiary/aromatic N) is 1. The van der Waals surface area contributed by atoms with Gasteiger partial charge in [0, 0.05) is 21.9 Å². The smallest absolute Gasteiger partial charge is 0.244 e. The molecule has 3 N–H and O–H groups in total. The first-order valence-electron chi connectivity index (χ1n) is 10.2. The summed E-state index contributed by atoms with van der Waals surface area (Å²) in [7, 11) is 0. The maximum atomic E-state index is 11.0. The van der Waals surface area contributed by atoms with Crippen LogP contribution in [-0.4, -0.2) is 36.4 Å². The molecule has 8 nitrogen and oxygen atoms in total. The third-order valence-electron chi connectivity index (χ3n) is 4.41. The Morgan fingerprint density at radius 3 is 2.93 bits per heavy atom. The van der Waals surface area contributed by atoms with E-state index < -0.39 is 0 Å². The fourth-order valence-electron chi connectivity index (χ4n) is 2.85. The Labute approximate surface area is 174 Å². The van der Waals surface area contributed by atoms with Crippen LogP contribution in [0.2, 0.25) is 0 Å². The summed E-state index contributed by atoms with van der Waals surface area (Å²) in [4.78, 5) is 15.6.